The van der Waals surface area contributed by atoms with E-state index in [4.69, 9.17) is 0 Å². The lowest BCUT2D eigenvalue weighted by atomic mass is 10.1. The molecule has 3 heterocycles. The molecule has 1 atom stereocenters. The quantitative estimate of drug-likeness (QED) is 0.891. The Balaban J connectivity index is 1.48. The zero-order valence-corrected chi connectivity index (χ0v) is 15.8. The summed E-state index contributed by atoms with van der Waals surface area (Å²) in [6.45, 7) is 7.48. The fraction of sp³-hybridized carbons (Fsp3) is 0.500. The molecule has 134 valence electrons. The molecule has 0 bridgehead atoms. The maximum Gasteiger partial charge on any atom is 0.323 e. The van der Waals surface area contributed by atoms with Crippen LogP contribution in [0, 0.1) is 19.8 Å². The largest absolute Gasteiger partial charge is 0.324 e. The predicted molar refractivity (Wildman–Crippen MR) is 101 cm³/mol. The molecule has 3 rings (SSSR count). The number of amides is 2. The van der Waals surface area contributed by atoms with Gasteiger partial charge in [0.1, 0.15) is 5.82 Å². The molecule has 1 N–H and O–H groups in total. The second kappa shape index (κ2) is 7.93. The highest BCUT2D eigenvalue weighted by Gasteiger charge is 2.27. The van der Waals surface area contributed by atoms with Gasteiger partial charge in [-0.3, -0.25) is 5.32 Å². The molecule has 7 heteroatoms. The number of nitrogens with one attached hydrogen (secondary N) is 1. The van der Waals surface area contributed by atoms with Crippen LogP contribution in [0.4, 0.5) is 10.6 Å². The first kappa shape index (κ1) is 17.8. The number of carbonyl (C=O) groups is 1. The van der Waals surface area contributed by atoms with E-state index >= 15 is 0 Å². The normalized spacial score (nSPS) is 17.3. The van der Waals surface area contributed by atoms with Gasteiger partial charge in [-0.05, 0) is 45.4 Å². The van der Waals surface area contributed by atoms with E-state index in [0.717, 1.165) is 44.0 Å². The fourth-order valence-corrected chi connectivity index (χ4v) is 4.05. The summed E-state index contributed by atoms with van der Waals surface area (Å²) in [6, 6.07) is 5.59. The highest BCUT2D eigenvalue weighted by molar-refractivity contribution is 7.09. The van der Waals surface area contributed by atoms with Crippen molar-refractivity contribution in [3.05, 3.63) is 40.0 Å². The third kappa shape index (κ3) is 4.76. The van der Waals surface area contributed by atoms with Crippen molar-refractivity contribution in [2.45, 2.75) is 26.8 Å². The van der Waals surface area contributed by atoms with Gasteiger partial charge in [0.05, 0.1) is 11.2 Å². The van der Waals surface area contributed by atoms with Crippen LogP contribution in [0.2, 0.25) is 0 Å². The van der Waals surface area contributed by atoms with Crippen LogP contribution in [0.1, 0.15) is 22.7 Å². The molecule has 2 aromatic heterocycles. The number of likely N-dealkylation sites (tertiary alicyclic amines) is 1. The molecule has 0 aliphatic carbocycles. The second-order valence-electron chi connectivity index (χ2n) is 6.75. The number of aryl methyl sites for hydroxylation is 2. The summed E-state index contributed by atoms with van der Waals surface area (Å²) in [5.74, 6) is 1.13. The molecule has 1 aliphatic rings. The van der Waals surface area contributed by atoms with E-state index in [1.165, 1.54) is 4.88 Å². The molecule has 1 aliphatic heterocycles. The summed E-state index contributed by atoms with van der Waals surface area (Å²) >= 11 is 1.71. The number of pyridine rings is 1. The number of nitrogens with zero attached hydrogens (tertiary/aromatic N) is 4. The molecule has 2 amide bonds. The minimum Gasteiger partial charge on any atom is -0.324 e. The Bertz CT molecular complexity index is 732. The summed E-state index contributed by atoms with van der Waals surface area (Å²) in [5, 5.41) is 2.90. The topological polar surface area (TPSA) is 61.4 Å². The van der Waals surface area contributed by atoms with Gasteiger partial charge in [-0.25, -0.2) is 14.8 Å². The molecule has 0 saturated carbocycles. The van der Waals surface area contributed by atoms with Crippen molar-refractivity contribution in [3.8, 4) is 0 Å². The van der Waals surface area contributed by atoms with E-state index < -0.39 is 0 Å². The van der Waals surface area contributed by atoms with E-state index in [1.54, 1.807) is 11.3 Å². The van der Waals surface area contributed by atoms with E-state index in [9.17, 15) is 4.79 Å². The Hall–Kier alpha value is -1.99. The fourth-order valence-electron chi connectivity index (χ4n) is 3.20. The first-order valence-corrected chi connectivity index (χ1v) is 9.46. The van der Waals surface area contributed by atoms with Crippen LogP contribution in [0.5, 0.6) is 0 Å². The Morgan fingerprint density at radius 1 is 1.44 bits per heavy atom. The standard InChI is InChI=1S/C18H25N5OS/c1-13-5-4-6-17(20-13)21-18(24)23-8-7-15(10-23)9-22(3)11-16-14(2)19-12-25-16/h4-6,12,15H,7-11H2,1-3H3,(H,20,21,24). The Morgan fingerprint density at radius 3 is 3.00 bits per heavy atom. The van der Waals surface area contributed by atoms with Crippen LogP contribution >= 0.6 is 11.3 Å². The molecular weight excluding hydrogens is 334 g/mol. The third-order valence-corrected chi connectivity index (χ3v) is 5.44. The summed E-state index contributed by atoms with van der Waals surface area (Å²) in [6.07, 6.45) is 1.04. The van der Waals surface area contributed by atoms with Crippen LogP contribution in [0.25, 0.3) is 0 Å². The monoisotopic (exact) mass is 359 g/mol. The minimum absolute atomic E-state index is 0.0541. The maximum atomic E-state index is 12.4. The zero-order chi connectivity index (χ0) is 17.8. The molecule has 1 fully saturated rings. The molecule has 25 heavy (non-hydrogen) atoms. The van der Waals surface area contributed by atoms with Gasteiger partial charge in [0.15, 0.2) is 0 Å². The number of hydrogen-bond donors (Lipinski definition) is 1. The van der Waals surface area contributed by atoms with Crippen LogP contribution < -0.4 is 5.32 Å². The lowest BCUT2D eigenvalue weighted by Gasteiger charge is -2.21. The van der Waals surface area contributed by atoms with Gasteiger partial charge in [-0.1, -0.05) is 6.07 Å². The number of thiazole rings is 1. The third-order valence-electron chi connectivity index (χ3n) is 4.52. The molecule has 0 aromatic carbocycles. The van der Waals surface area contributed by atoms with Crippen LogP contribution in [-0.4, -0.2) is 52.5 Å². The summed E-state index contributed by atoms with van der Waals surface area (Å²) < 4.78 is 0. The summed E-state index contributed by atoms with van der Waals surface area (Å²) in [4.78, 5) is 26.6. The lowest BCUT2D eigenvalue weighted by Crippen LogP contribution is -2.34. The lowest BCUT2D eigenvalue weighted by molar-refractivity contribution is 0.217. The van der Waals surface area contributed by atoms with Crippen molar-refractivity contribution in [1.29, 1.82) is 0 Å². The van der Waals surface area contributed by atoms with E-state index in [2.05, 4.69) is 34.2 Å². The van der Waals surface area contributed by atoms with Crippen molar-refractivity contribution in [1.82, 2.24) is 19.8 Å². The number of aromatic nitrogens is 2. The molecule has 0 spiro atoms. The van der Waals surface area contributed by atoms with Gasteiger partial charge >= 0.3 is 6.03 Å². The number of urea groups is 1. The maximum absolute atomic E-state index is 12.4. The van der Waals surface area contributed by atoms with Gasteiger partial charge in [0.25, 0.3) is 0 Å². The predicted octanol–water partition coefficient (Wildman–Crippen LogP) is 3.14. The molecule has 1 saturated heterocycles. The SMILES string of the molecule is Cc1cccc(NC(=O)N2CCC(CN(C)Cc3scnc3C)C2)n1. The van der Waals surface area contributed by atoms with Crippen molar-refractivity contribution >= 4 is 23.2 Å². The Labute approximate surface area is 152 Å². The molecule has 0 radical (unpaired) electrons. The number of anilines is 1. The van der Waals surface area contributed by atoms with Crippen molar-refractivity contribution in [2.75, 3.05) is 32.0 Å². The Morgan fingerprint density at radius 2 is 2.28 bits per heavy atom. The molecular formula is C18H25N5OS. The van der Waals surface area contributed by atoms with Crippen molar-refractivity contribution < 1.29 is 4.79 Å². The van der Waals surface area contributed by atoms with Gasteiger partial charge < -0.3 is 9.80 Å². The first-order valence-electron chi connectivity index (χ1n) is 8.58. The molecule has 6 nitrogen and oxygen atoms in total. The van der Waals surface area contributed by atoms with E-state index in [-0.39, 0.29) is 6.03 Å². The average molecular weight is 359 g/mol. The van der Waals surface area contributed by atoms with Crippen molar-refractivity contribution in [2.24, 2.45) is 5.92 Å². The first-order chi connectivity index (χ1) is 12.0. The second-order valence-corrected chi connectivity index (χ2v) is 7.69. The van der Waals surface area contributed by atoms with Gasteiger partial charge in [0, 0.05) is 36.8 Å². The molecule has 1 unspecified atom stereocenters. The summed E-state index contributed by atoms with van der Waals surface area (Å²) in [5.41, 5.74) is 3.92. The van der Waals surface area contributed by atoms with Gasteiger partial charge in [0.2, 0.25) is 0 Å². The van der Waals surface area contributed by atoms with Crippen molar-refractivity contribution in [3.63, 3.8) is 0 Å². The highest BCUT2D eigenvalue weighted by Crippen LogP contribution is 2.20. The van der Waals surface area contributed by atoms with Crippen LogP contribution in [-0.2, 0) is 6.54 Å². The van der Waals surface area contributed by atoms with E-state index in [1.807, 2.05) is 35.5 Å². The average Bonchev–Trinajstić information content (AvgIpc) is 3.17. The Kier molecular flexibility index (Phi) is 5.65. The zero-order valence-electron chi connectivity index (χ0n) is 15.0. The number of hydrogen-bond acceptors (Lipinski definition) is 5. The van der Waals surface area contributed by atoms with Crippen LogP contribution in [0.15, 0.2) is 23.7 Å². The minimum atomic E-state index is -0.0541. The smallest absolute Gasteiger partial charge is 0.323 e. The highest BCUT2D eigenvalue weighted by atomic mass is 32.1. The molecule has 2 aromatic rings. The van der Waals surface area contributed by atoms with E-state index in [0.29, 0.717) is 11.7 Å². The van der Waals surface area contributed by atoms with Gasteiger partial charge in [-0.15, -0.1) is 11.3 Å². The van der Waals surface area contributed by atoms with Gasteiger partial charge in [-0.2, -0.15) is 0 Å². The summed E-state index contributed by atoms with van der Waals surface area (Å²) in [7, 11) is 2.14. The van der Waals surface area contributed by atoms with Crippen LogP contribution in [0.3, 0.4) is 0 Å². The number of carbonyl (C=O) groups excluding carboxylic acids is 1. The number of rotatable bonds is 5.